The number of nitrogens with zero attached hydrogens (tertiary/aromatic N) is 1. The average Bonchev–Trinajstić information content (AvgIpc) is 2.86. The van der Waals surface area contributed by atoms with E-state index in [1.807, 2.05) is 60.7 Å². The van der Waals surface area contributed by atoms with Crippen LogP contribution in [0.15, 0.2) is 60.7 Å². The molecule has 2 aliphatic rings. The number of rotatable bonds is 4. The van der Waals surface area contributed by atoms with E-state index in [-0.39, 0.29) is 18.1 Å². The molecule has 1 amide bonds. The van der Waals surface area contributed by atoms with Crippen LogP contribution in [0.25, 0.3) is 0 Å². The Kier molecular flexibility index (Phi) is 4.03. The van der Waals surface area contributed by atoms with Crippen molar-refractivity contribution in [3.63, 3.8) is 0 Å². The Hall–Kier alpha value is -2.67. The highest BCUT2D eigenvalue weighted by Gasteiger charge is 2.58. The van der Waals surface area contributed by atoms with Crippen molar-refractivity contribution in [1.82, 2.24) is 4.90 Å². The summed E-state index contributed by atoms with van der Waals surface area (Å²) in [5.41, 5.74) is 1.55. The van der Waals surface area contributed by atoms with E-state index in [1.54, 1.807) is 0 Å². The fourth-order valence-corrected chi connectivity index (χ4v) is 5.41. The zero-order valence-electron chi connectivity index (χ0n) is 13.8. The summed E-state index contributed by atoms with van der Waals surface area (Å²) in [6.07, 6.45) is -0.713. The molecule has 134 valence electrons. The fourth-order valence-electron chi connectivity index (χ4n) is 3.45. The first-order valence-corrected chi connectivity index (χ1v) is 10.0. The van der Waals surface area contributed by atoms with E-state index in [0.717, 1.165) is 16.0 Å². The highest BCUT2D eigenvalue weighted by Crippen LogP contribution is 2.36. The molecule has 2 aromatic rings. The van der Waals surface area contributed by atoms with Crippen molar-refractivity contribution < 1.29 is 22.7 Å². The summed E-state index contributed by atoms with van der Waals surface area (Å²) in [7, 11) is -3.48. The van der Waals surface area contributed by atoms with Crippen LogP contribution in [0.4, 0.5) is 0 Å². The van der Waals surface area contributed by atoms with Gasteiger partial charge in [0.2, 0.25) is 5.91 Å². The van der Waals surface area contributed by atoms with Crippen LogP contribution in [0.1, 0.15) is 23.7 Å². The molecule has 0 bridgehead atoms. The molecule has 6 nitrogen and oxygen atoms in total. The monoisotopic (exact) mass is 371 g/mol. The maximum absolute atomic E-state index is 12.7. The molecule has 0 radical (unpaired) electrons. The number of ether oxygens (including phenoxy) is 1. The number of benzene rings is 2. The second-order valence-corrected chi connectivity index (χ2v) is 8.65. The highest BCUT2D eigenvalue weighted by molar-refractivity contribution is 7.92. The number of carbonyl (C=O) groups excluding carboxylic acids is 2. The third-order valence-electron chi connectivity index (χ3n) is 4.80. The molecular weight excluding hydrogens is 354 g/mol. The van der Waals surface area contributed by atoms with E-state index in [1.165, 1.54) is 0 Å². The second-order valence-electron chi connectivity index (χ2n) is 6.44. The number of carbonyl (C=O) groups is 2. The zero-order chi connectivity index (χ0) is 18.3. The van der Waals surface area contributed by atoms with Crippen LogP contribution in [0.5, 0.6) is 0 Å². The van der Waals surface area contributed by atoms with Crippen LogP contribution in [0.2, 0.25) is 0 Å². The molecule has 26 heavy (non-hydrogen) atoms. The second kappa shape index (κ2) is 6.25. The minimum atomic E-state index is -3.48. The maximum Gasteiger partial charge on any atom is 0.330 e. The van der Waals surface area contributed by atoms with Crippen LogP contribution < -0.4 is 0 Å². The van der Waals surface area contributed by atoms with E-state index in [4.69, 9.17) is 4.74 Å². The molecule has 2 atom stereocenters. The van der Waals surface area contributed by atoms with Crippen molar-refractivity contribution in [1.29, 1.82) is 0 Å². The Morgan fingerprint density at radius 1 is 1.00 bits per heavy atom. The van der Waals surface area contributed by atoms with E-state index in [2.05, 4.69) is 0 Å². The molecule has 0 spiro atoms. The summed E-state index contributed by atoms with van der Waals surface area (Å²) in [5, 5.41) is -0.876. The fraction of sp³-hybridized carbons (Fsp3) is 0.263. The third kappa shape index (κ3) is 2.78. The van der Waals surface area contributed by atoms with Crippen LogP contribution in [0.3, 0.4) is 0 Å². The lowest BCUT2D eigenvalue weighted by molar-refractivity contribution is -0.162. The topological polar surface area (TPSA) is 80.8 Å². The van der Waals surface area contributed by atoms with Gasteiger partial charge in [-0.25, -0.2) is 13.2 Å². The number of esters is 1. The molecule has 4 rings (SSSR count). The van der Waals surface area contributed by atoms with E-state index in [9.17, 15) is 18.0 Å². The Morgan fingerprint density at radius 3 is 2.04 bits per heavy atom. The number of β-lactam (4-membered cyclic amide) rings is 1. The third-order valence-corrected chi connectivity index (χ3v) is 6.80. The van der Waals surface area contributed by atoms with Crippen molar-refractivity contribution in [2.45, 2.75) is 23.9 Å². The summed E-state index contributed by atoms with van der Waals surface area (Å²) < 4.78 is 29.9. The molecule has 0 saturated carbocycles. The van der Waals surface area contributed by atoms with E-state index in [0.29, 0.717) is 0 Å². The molecule has 2 aromatic carbocycles. The largest absolute Gasteiger partial charge is 0.451 e. The lowest BCUT2D eigenvalue weighted by Crippen LogP contribution is -2.56. The van der Waals surface area contributed by atoms with E-state index >= 15 is 0 Å². The standard InChI is InChI=1S/C19H17NO5S/c21-16-11-17-20(16)15(12-26(17,23)24)19(22)25-18(13-7-3-1-4-8-13)14-9-5-2-6-10-14/h1-10,15,17-18H,11-12H2. The number of amides is 1. The normalized spacial score (nSPS) is 23.4. The molecular formula is C19H17NO5S. The molecule has 2 unspecified atom stereocenters. The minimum Gasteiger partial charge on any atom is -0.451 e. The Labute approximate surface area is 151 Å². The molecule has 2 fully saturated rings. The Morgan fingerprint density at radius 2 is 1.54 bits per heavy atom. The molecule has 2 saturated heterocycles. The van der Waals surface area contributed by atoms with Crippen molar-refractivity contribution in [2.24, 2.45) is 0 Å². The Balaban J connectivity index is 1.62. The van der Waals surface area contributed by atoms with Gasteiger partial charge in [0.25, 0.3) is 0 Å². The summed E-state index contributed by atoms with van der Waals surface area (Å²) in [5.74, 6) is -1.39. The summed E-state index contributed by atoms with van der Waals surface area (Å²) >= 11 is 0. The van der Waals surface area contributed by atoms with Gasteiger partial charge in [-0.2, -0.15) is 0 Å². The Bertz CT molecular complexity index is 903. The number of hydrogen-bond acceptors (Lipinski definition) is 5. The van der Waals surface area contributed by atoms with Gasteiger partial charge in [0.1, 0.15) is 11.4 Å². The lowest BCUT2D eigenvalue weighted by Gasteiger charge is -2.36. The van der Waals surface area contributed by atoms with Gasteiger partial charge in [-0.1, -0.05) is 60.7 Å². The van der Waals surface area contributed by atoms with Crippen molar-refractivity contribution in [2.75, 3.05) is 5.75 Å². The first kappa shape index (κ1) is 16.8. The van der Waals surface area contributed by atoms with Gasteiger partial charge in [-0.05, 0) is 11.1 Å². The molecule has 0 aliphatic carbocycles. The lowest BCUT2D eigenvalue weighted by atomic mass is 10.0. The van der Waals surface area contributed by atoms with Crippen molar-refractivity contribution in [3.8, 4) is 0 Å². The van der Waals surface area contributed by atoms with Gasteiger partial charge in [0.05, 0.1) is 12.2 Å². The predicted molar refractivity (Wildman–Crippen MR) is 93.6 cm³/mol. The smallest absolute Gasteiger partial charge is 0.330 e. The average molecular weight is 371 g/mol. The number of fused-ring (bicyclic) bond motifs is 1. The van der Waals surface area contributed by atoms with Gasteiger partial charge >= 0.3 is 5.97 Å². The van der Waals surface area contributed by atoms with Crippen LogP contribution >= 0.6 is 0 Å². The van der Waals surface area contributed by atoms with Crippen LogP contribution in [0, 0.1) is 0 Å². The molecule has 0 N–H and O–H groups in total. The highest BCUT2D eigenvalue weighted by atomic mass is 32.2. The summed E-state index contributed by atoms with van der Waals surface area (Å²) in [6.45, 7) is 0. The SMILES string of the molecule is O=C(OC(c1ccccc1)c1ccccc1)C1CS(=O)(=O)C2CC(=O)N12. The summed E-state index contributed by atoms with van der Waals surface area (Å²) in [4.78, 5) is 25.7. The van der Waals surface area contributed by atoms with Gasteiger partial charge in [0, 0.05) is 0 Å². The van der Waals surface area contributed by atoms with Gasteiger partial charge in [-0.15, -0.1) is 0 Å². The first-order chi connectivity index (χ1) is 12.5. The molecule has 0 aromatic heterocycles. The zero-order valence-corrected chi connectivity index (χ0v) is 14.6. The quantitative estimate of drug-likeness (QED) is 0.603. The van der Waals surface area contributed by atoms with Gasteiger partial charge in [0.15, 0.2) is 15.9 Å². The van der Waals surface area contributed by atoms with Crippen LogP contribution in [-0.2, 0) is 24.2 Å². The molecule has 2 heterocycles. The van der Waals surface area contributed by atoms with Crippen LogP contribution in [-0.4, -0.2) is 42.4 Å². The predicted octanol–water partition coefficient (Wildman–Crippen LogP) is 1.67. The van der Waals surface area contributed by atoms with E-state index < -0.39 is 33.3 Å². The first-order valence-electron chi connectivity index (χ1n) is 8.30. The van der Waals surface area contributed by atoms with Gasteiger partial charge in [-0.3, -0.25) is 4.79 Å². The molecule has 7 heteroatoms. The number of hydrogen-bond donors (Lipinski definition) is 0. The number of sulfone groups is 1. The van der Waals surface area contributed by atoms with Crippen molar-refractivity contribution in [3.05, 3.63) is 71.8 Å². The molecule has 2 aliphatic heterocycles. The maximum atomic E-state index is 12.7. The van der Waals surface area contributed by atoms with Gasteiger partial charge < -0.3 is 9.64 Å². The van der Waals surface area contributed by atoms with Crippen molar-refractivity contribution >= 4 is 21.7 Å². The summed E-state index contributed by atoms with van der Waals surface area (Å²) in [6, 6.07) is 17.4. The minimum absolute atomic E-state index is 0.0487.